The second kappa shape index (κ2) is 6.87. The molecule has 1 aliphatic heterocycles. The van der Waals surface area contributed by atoms with Gasteiger partial charge in [0.15, 0.2) is 11.5 Å². The lowest BCUT2D eigenvalue weighted by Gasteiger charge is -2.07. The summed E-state index contributed by atoms with van der Waals surface area (Å²) >= 11 is 1.38. The van der Waals surface area contributed by atoms with Gasteiger partial charge in [-0.25, -0.2) is 8.78 Å². The Labute approximate surface area is 135 Å². The van der Waals surface area contributed by atoms with Gasteiger partial charge in [-0.1, -0.05) is 6.07 Å². The van der Waals surface area contributed by atoms with E-state index in [1.807, 2.05) is 18.2 Å². The van der Waals surface area contributed by atoms with Crippen LogP contribution >= 0.6 is 11.8 Å². The van der Waals surface area contributed by atoms with Crippen LogP contribution in [-0.2, 0) is 10.5 Å². The first kappa shape index (κ1) is 15.6. The fourth-order valence-corrected chi connectivity index (χ4v) is 2.84. The fraction of sp³-hybridized carbons (Fsp3) is 0.188. The molecule has 1 amide bonds. The van der Waals surface area contributed by atoms with Gasteiger partial charge in [0, 0.05) is 11.8 Å². The second-order valence-electron chi connectivity index (χ2n) is 4.85. The SMILES string of the molecule is O=C(CSCc1ccc2c(c1)OCO2)Nc1ccc(F)cc1F. The van der Waals surface area contributed by atoms with Crippen molar-refractivity contribution >= 4 is 23.4 Å². The van der Waals surface area contributed by atoms with Gasteiger partial charge in [-0.05, 0) is 29.8 Å². The predicted molar refractivity (Wildman–Crippen MR) is 83.7 cm³/mol. The summed E-state index contributed by atoms with van der Waals surface area (Å²) in [6.07, 6.45) is 0. The zero-order valence-electron chi connectivity index (χ0n) is 12.0. The van der Waals surface area contributed by atoms with Gasteiger partial charge in [-0.2, -0.15) is 0 Å². The van der Waals surface area contributed by atoms with Crippen LogP contribution in [-0.4, -0.2) is 18.5 Å². The number of fused-ring (bicyclic) bond motifs is 1. The van der Waals surface area contributed by atoms with Crippen LogP contribution < -0.4 is 14.8 Å². The molecule has 0 fully saturated rings. The van der Waals surface area contributed by atoms with E-state index < -0.39 is 11.6 Å². The average Bonchev–Trinajstić information content (AvgIpc) is 2.98. The highest BCUT2D eigenvalue weighted by Gasteiger charge is 2.13. The third kappa shape index (κ3) is 3.92. The number of halogens is 2. The highest BCUT2D eigenvalue weighted by molar-refractivity contribution is 7.99. The number of hydrogen-bond acceptors (Lipinski definition) is 4. The van der Waals surface area contributed by atoms with Crippen molar-refractivity contribution in [1.29, 1.82) is 0 Å². The number of ether oxygens (including phenoxy) is 2. The first-order chi connectivity index (χ1) is 11.1. The second-order valence-corrected chi connectivity index (χ2v) is 5.84. The van der Waals surface area contributed by atoms with Crippen LogP contribution in [0.3, 0.4) is 0 Å². The maximum atomic E-state index is 13.4. The van der Waals surface area contributed by atoms with Gasteiger partial charge in [-0.3, -0.25) is 4.79 Å². The van der Waals surface area contributed by atoms with Crippen LogP contribution in [0.4, 0.5) is 14.5 Å². The Kier molecular flexibility index (Phi) is 4.66. The third-order valence-corrected chi connectivity index (χ3v) is 4.15. The van der Waals surface area contributed by atoms with E-state index in [4.69, 9.17) is 9.47 Å². The van der Waals surface area contributed by atoms with Crippen molar-refractivity contribution in [3.63, 3.8) is 0 Å². The summed E-state index contributed by atoms with van der Waals surface area (Å²) < 4.78 is 36.7. The third-order valence-electron chi connectivity index (χ3n) is 3.14. The molecule has 0 bridgehead atoms. The van der Waals surface area contributed by atoms with Crippen LogP contribution in [0.25, 0.3) is 0 Å². The molecular formula is C16H13F2NO3S. The highest BCUT2D eigenvalue weighted by atomic mass is 32.2. The molecule has 0 spiro atoms. The Hall–Kier alpha value is -2.28. The van der Waals surface area contributed by atoms with Gasteiger partial charge >= 0.3 is 0 Å². The lowest BCUT2D eigenvalue weighted by molar-refractivity contribution is -0.113. The van der Waals surface area contributed by atoms with E-state index >= 15 is 0 Å². The number of benzene rings is 2. The monoisotopic (exact) mass is 337 g/mol. The van der Waals surface area contributed by atoms with Gasteiger partial charge < -0.3 is 14.8 Å². The summed E-state index contributed by atoms with van der Waals surface area (Å²) in [6.45, 7) is 0.220. The summed E-state index contributed by atoms with van der Waals surface area (Å²) in [7, 11) is 0. The quantitative estimate of drug-likeness (QED) is 0.906. The van der Waals surface area contributed by atoms with Gasteiger partial charge in [0.05, 0.1) is 11.4 Å². The largest absolute Gasteiger partial charge is 0.454 e. The van der Waals surface area contributed by atoms with Crippen LogP contribution in [0.2, 0.25) is 0 Å². The zero-order chi connectivity index (χ0) is 16.2. The minimum Gasteiger partial charge on any atom is -0.454 e. The molecule has 1 aliphatic rings. The Bertz CT molecular complexity index is 739. The molecule has 0 saturated heterocycles. The lowest BCUT2D eigenvalue weighted by atomic mass is 10.2. The van der Waals surface area contributed by atoms with E-state index in [1.165, 1.54) is 17.8 Å². The molecule has 3 rings (SSSR count). The van der Waals surface area contributed by atoms with Gasteiger partial charge in [-0.15, -0.1) is 11.8 Å². The number of anilines is 1. The van der Waals surface area contributed by atoms with Crippen LogP contribution in [0.15, 0.2) is 36.4 Å². The zero-order valence-corrected chi connectivity index (χ0v) is 12.8. The van der Waals surface area contributed by atoms with Crippen LogP contribution in [0.1, 0.15) is 5.56 Å². The number of amides is 1. The van der Waals surface area contributed by atoms with E-state index in [1.54, 1.807) is 0 Å². The van der Waals surface area contributed by atoms with Crippen molar-refractivity contribution in [2.75, 3.05) is 17.9 Å². The van der Waals surface area contributed by atoms with Gasteiger partial charge in [0.1, 0.15) is 11.6 Å². The first-order valence-corrected chi connectivity index (χ1v) is 7.98. The average molecular weight is 337 g/mol. The van der Waals surface area contributed by atoms with Crippen molar-refractivity contribution < 1.29 is 23.0 Å². The minimum absolute atomic E-state index is 0.0277. The molecule has 23 heavy (non-hydrogen) atoms. The van der Waals surface area contributed by atoms with Gasteiger partial charge in [0.25, 0.3) is 0 Å². The topological polar surface area (TPSA) is 47.6 Å². The molecular weight excluding hydrogens is 324 g/mol. The van der Waals surface area contributed by atoms with E-state index in [0.29, 0.717) is 17.3 Å². The maximum absolute atomic E-state index is 13.4. The number of rotatable bonds is 5. The molecule has 2 aromatic rings. The van der Waals surface area contributed by atoms with Crippen LogP contribution in [0, 0.1) is 11.6 Å². The molecule has 0 aliphatic carbocycles. The van der Waals surface area contributed by atoms with Crippen molar-refractivity contribution in [1.82, 2.24) is 0 Å². The van der Waals surface area contributed by atoms with E-state index in [2.05, 4.69) is 5.32 Å². The van der Waals surface area contributed by atoms with Crippen molar-refractivity contribution in [3.8, 4) is 11.5 Å². The summed E-state index contributed by atoms with van der Waals surface area (Å²) in [5.74, 6) is 0.351. The number of nitrogens with one attached hydrogen (secondary N) is 1. The molecule has 0 saturated carbocycles. The van der Waals surface area contributed by atoms with E-state index in [9.17, 15) is 13.6 Å². The molecule has 4 nitrogen and oxygen atoms in total. The number of carbonyl (C=O) groups excluding carboxylic acids is 1. The Morgan fingerprint density at radius 3 is 2.78 bits per heavy atom. The molecule has 1 N–H and O–H groups in total. The molecule has 7 heteroatoms. The Balaban J connectivity index is 1.49. The Morgan fingerprint density at radius 2 is 1.96 bits per heavy atom. The van der Waals surface area contributed by atoms with E-state index in [-0.39, 0.29) is 24.1 Å². The van der Waals surface area contributed by atoms with E-state index in [0.717, 1.165) is 17.7 Å². The smallest absolute Gasteiger partial charge is 0.234 e. The molecule has 0 unspecified atom stereocenters. The highest BCUT2D eigenvalue weighted by Crippen LogP contribution is 2.33. The summed E-state index contributed by atoms with van der Waals surface area (Å²) in [4.78, 5) is 11.8. The normalized spacial score (nSPS) is 12.3. The van der Waals surface area contributed by atoms with Crippen molar-refractivity contribution in [2.45, 2.75) is 5.75 Å². The lowest BCUT2D eigenvalue weighted by Crippen LogP contribution is -2.15. The first-order valence-electron chi connectivity index (χ1n) is 6.83. The summed E-state index contributed by atoms with van der Waals surface area (Å²) in [5.41, 5.74) is 0.972. The van der Waals surface area contributed by atoms with Crippen molar-refractivity contribution in [3.05, 3.63) is 53.6 Å². The maximum Gasteiger partial charge on any atom is 0.234 e. The minimum atomic E-state index is -0.792. The number of thioether (sulfide) groups is 1. The number of hydrogen-bond donors (Lipinski definition) is 1. The summed E-state index contributed by atoms with van der Waals surface area (Å²) in [6, 6.07) is 8.62. The number of carbonyl (C=O) groups is 1. The van der Waals surface area contributed by atoms with Crippen LogP contribution in [0.5, 0.6) is 11.5 Å². The van der Waals surface area contributed by atoms with Gasteiger partial charge in [0.2, 0.25) is 12.7 Å². The predicted octanol–water partition coefficient (Wildman–Crippen LogP) is 3.57. The summed E-state index contributed by atoms with van der Waals surface area (Å²) in [5, 5.41) is 2.42. The Morgan fingerprint density at radius 1 is 1.13 bits per heavy atom. The molecule has 120 valence electrons. The standard InChI is InChI=1S/C16H13F2NO3S/c17-11-2-3-13(12(18)6-11)19-16(20)8-23-7-10-1-4-14-15(5-10)22-9-21-14/h1-6H,7-9H2,(H,19,20). The molecule has 1 heterocycles. The molecule has 0 aromatic heterocycles. The van der Waals surface area contributed by atoms with Crippen molar-refractivity contribution in [2.24, 2.45) is 0 Å². The molecule has 0 radical (unpaired) electrons. The molecule has 2 aromatic carbocycles. The fourth-order valence-electron chi connectivity index (χ4n) is 2.07. The molecule has 0 atom stereocenters.